The van der Waals surface area contributed by atoms with Crippen LogP contribution in [-0.4, -0.2) is 23.6 Å². The summed E-state index contributed by atoms with van der Waals surface area (Å²) < 4.78 is 5.16. The van der Waals surface area contributed by atoms with Crippen molar-refractivity contribution in [3.8, 4) is 0 Å². The lowest BCUT2D eigenvalue weighted by molar-refractivity contribution is -0.127. The van der Waals surface area contributed by atoms with E-state index in [1.165, 1.54) is 0 Å². The van der Waals surface area contributed by atoms with Crippen LogP contribution in [0.4, 0.5) is 0 Å². The number of ether oxygens (including phenoxy) is 1. The number of aliphatic hydroxyl groups excluding tert-OH is 1. The lowest BCUT2D eigenvalue weighted by Crippen LogP contribution is -2.24. The molecule has 0 radical (unpaired) electrons. The average Bonchev–Trinajstić information content (AvgIpc) is 2.18. The van der Waals surface area contributed by atoms with Crippen LogP contribution in [0.1, 0.15) is 32.6 Å². The predicted molar refractivity (Wildman–Crippen MR) is 49.2 cm³/mol. The van der Waals surface area contributed by atoms with Gasteiger partial charge in [0.1, 0.15) is 6.10 Å². The molecule has 0 aromatic rings. The molecule has 0 aromatic heterocycles. The van der Waals surface area contributed by atoms with Crippen LogP contribution in [0.5, 0.6) is 0 Å². The zero-order chi connectivity index (χ0) is 9.68. The van der Waals surface area contributed by atoms with Crippen molar-refractivity contribution < 1.29 is 14.6 Å². The summed E-state index contributed by atoms with van der Waals surface area (Å²) in [4.78, 5) is 11.4. The van der Waals surface area contributed by atoms with Gasteiger partial charge in [0, 0.05) is 0 Å². The molecule has 1 aliphatic heterocycles. The molecule has 0 aromatic carbocycles. The van der Waals surface area contributed by atoms with Gasteiger partial charge in [0.05, 0.1) is 6.61 Å². The van der Waals surface area contributed by atoms with Crippen LogP contribution >= 0.6 is 0 Å². The van der Waals surface area contributed by atoms with E-state index in [1.54, 1.807) is 6.08 Å². The molecule has 13 heavy (non-hydrogen) atoms. The Bertz CT molecular complexity index is 208. The topological polar surface area (TPSA) is 46.5 Å². The van der Waals surface area contributed by atoms with E-state index in [2.05, 4.69) is 0 Å². The molecule has 1 aliphatic rings. The second-order valence-corrected chi connectivity index (χ2v) is 3.23. The minimum Gasteiger partial charge on any atom is -0.490 e. The molecule has 0 aliphatic carbocycles. The zero-order valence-corrected chi connectivity index (χ0v) is 7.95. The lowest BCUT2D eigenvalue weighted by Gasteiger charge is -2.16. The zero-order valence-electron chi connectivity index (χ0n) is 7.95. The van der Waals surface area contributed by atoms with Crippen LogP contribution in [0.2, 0.25) is 0 Å². The Balaban J connectivity index is 2.50. The highest BCUT2D eigenvalue weighted by Crippen LogP contribution is 2.13. The number of allylic oxidation sites excluding steroid dienone is 1. The van der Waals surface area contributed by atoms with Crippen molar-refractivity contribution in [2.75, 3.05) is 6.61 Å². The maximum Gasteiger partial charge on any atom is 0.225 e. The number of hydrogen-bond acceptors (Lipinski definition) is 3. The molecule has 1 unspecified atom stereocenters. The highest BCUT2D eigenvalue weighted by molar-refractivity contribution is 5.96. The molecule has 3 heteroatoms. The minimum absolute atomic E-state index is 0.262. The van der Waals surface area contributed by atoms with E-state index < -0.39 is 6.10 Å². The Morgan fingerprint density at radius 2 is 2.54 bits per heavy atom. The van der Waals surface area contributed by atoms with Gasteiger partial charge in [-0.15, -0.1) is 0 Å². The van der Waals surface area contributed by atoms with E-state index in [1.807, 2.05) is 6.92 Å². The average molecular weight is 184 g/mol. The van der Waals surface area contributed by atoms with Gasteiger partial charge in [-0.25, -0.2) is 0 Å². The third-order valence-electron chi connectivity index (χ3n) is 2.04. The van der Waals surface area contributed by atoms with Gasteiger partial charge in [-0.2, -0.15) is 0 Å². The Labute approximate surface area is 78.4 Å². The first-order chi connectivity index (χ1) is 6.25. The van der Waals surface area contributed by atoms with Crippen LogP contribution in [0, 0.1) is 0 Å². The monoisotopic (exact) mass is 184 g/mol. The standard InChI is InChI=1S/C10H16O3/c1-2-5-8(11)10(12)9-6-3-4-7-13-9/h6,8,11H,2-5,7H2,1H3. The molecule has 1 heterocycles. The largest absolute Gasteiger partial charge is 0.490 e. The summed E-state index contributed by atoms with van der Waals surface area (Å²) >= 11 is 0. The Morgan fingerprint density at radius 3 is 3.08 bits per heavy atom. The molecule has 0 spiro atoms. The van der Waals surface area contributed by atoms with Crippen molar-refractivity contribution in [3.63, 3.8) is 0 Å². The van der Waals surface area contributed by atoms with E-state index in [9.17, 15) is 9.90 Å². The molecule has 0 bridgehead atoms. The Morgan fingerprint density at radius 1 is 1.77 bits per heavy atom. The molecule has 0 fully saturated rings. The number of carbonyl (C=O) groups excluding carboxylic acids is 1. The van der Waals surface area contributed by atoms with Gasteiger partial charge in [0.15, 0.2) is 5.76 Å². The minimum atomic E-state index is -0.880. The number of carbonyl (C=O) groups is 1. The number of rotatable bonds is 4. The van der Waals surface area contributed by atoms with Crippen molar-refractivity contribution in [1.29, 1.82) is 0 Å². The van der Waals surface area contributed by atoms with E-state index in [-0.39, 0.29) is 5.78 Å². The van der Waals surface area contributed by atoms with Gasteiger partial charge >= 0.3 is 0 Å². The Kier molecular flexibility index (Phi) is 3.96. The highest BCUT2D eigenvalue weighted by Gasteiger charge is 2.21. The lowest BCUT2D eigenvalue weighted by atomic mass is 10.1. The third-order valence-corrected chi connectivity index (χ3v) is 2.04. The van der Waals surface area contributed by atoms with Crippen LogP contribution in [0.3, 0.4) is 0 Å². The maximum absolute atomic E-state index is 11.4. The van der Waals surface area contributed by atoms with Crippen molar-refractivity contribution in [1.82, 2.24) is 0 Å². The molecule has 74 valence electrons. The van der Waals surface area contributed by atoms with Crippen LogP contribution in [-0.2, 0) is 9.53 Å². The molecule has 3 nitrogen and oxygen atoms in total. The third kappa shape index (κ3) is 2.84. The molecule has 1 N–H and O–H groups in total. The molecule has 1 rings (SSSR count). The molecule has 0 amide bonds. The van der Waals surface area contributed by atoms with Crippen LogP contribution in [0.25, 0.3) is 0 Å². The first-order valence-electron chi connectivity index (χ1n) is 4.81. The van der Waals surface area contributed by atoms with Gasteiger partial charge in [0.25, 0.3) is 0 Å². The summed E-state index contributed by atoms with van der Waals surface area (Å²) in [5, 5.41) is 9.40. The van der Waals surface area contributed by atoms with Gasteiger partial charge in [-0.1, -0.05) is 13.3 Å². The predicted octanol–water partition coefficient (Wildman–Crippen LogP) is 1.41. The fourth-order valence-corrected chi connectivity index (χ4v) is 1.30. The van der Waals surface area contributed by atoms with Gasteiger partial charge in [-0.3, -0.25) is 4.79 Å². The van der Waals surface area contributed by atoms with Crippen molar-refractivity contribution in [2.24, 2.45) is 0 Å². The maximum atomic E-state index is 11.4. The van der Waals surface area contributed by atoms with E-state index in [0.29, 0.717) is 18.8 Å². The Hall–Kier alpha value is -0.830. The fourth-order valence-electron chi connectivity index (χ4n) is 1.30. The first kappa shape index (κ1) is 10.3. The summed E-state index contributed by atoms with van der Waals surface area (Å²) in [6, 6.07) is 0. The van der Waals surface area contributed by atoms with Gasteiger partial charge in [0.2, 0.25) is 5.78 Å². The number of ketones is 1. The first-order valence-corrected chi connectivity index (χ1v) is 4.81. The van der Waals surface area contributed by atoms with Gasteiger partial charge in [-0.05, 0) is 25.3 Å². The molecular formula is C10H16O3. The fraction of sp³-hybridized carbons (Fsp3) is 0.700. The summed E-state index contributed by atoms with van der Waals surface area (Å²) in [6.07, 6.45) is 4.04. The molecule has 0 saturated carbocycles. The normalized spacial score (nSPS) is 18.8. The van der Waals surface area contributed by atoms with E-state index in [4.69, 9.17) is 4.74 Å². The molecular weight excluding hydrogens is 168 g/mol. The summed E-state index contributed by atoms with van der Waals surface area (Å²) in [5.74, 6) is 0.0914. The number of aliphatic hydroxyl groups is 1. The van der Waals surface area contributed by atoms with Crippen molar-refractivity contribution in [2.45, 2.75) is 38.7 Å². The van der Waals surface area contributed by atoms with Crippen LogP contribution < -0.4 is 0 Å². The second kappa shape index (κ2) is 5.02. The smallest absolute Gasteiger partial charge is 0.225 e. The number of Topliss-reactive ketones (excluding diaryl/α,β-unsaturated/α-hetero) is 1. The number of hydrogen-bond donors (Lipinski definition) is 1. The van der Waals surface area contributed by atoms with Gasteiger partial charge < -0.3 is 9.84 Å². The van der Waals surface area contributed by atoms with Crippen molar-refractivity contribution in [3.05, 3.63) is 11.8 Å². The second-order valence-electron chi connectivity index (χ2n) is 3.23. The summed E-state index contributed by atoms with van der Waals surface area (Å²) in [5.41, 5.74) is 0. The quantitative estimate of drug-likeness (QED) is 0.718. The molecule has 0 saturated heterocycles. The SMILES string of the molecule is CCCC(O)C(=O)C1=CCCCO1. The van der Waals surface area contributed by atoms with Crippen LogP contribution in [0.15, 0.2) is 11.8 Å². The highest BCUT2D eigenvalue weighted by atomic mass is 16.5. The summed E-state index contributed by atoms with van der Waals surface area (Å²) in [7, 11) is 0. The van der Waals surface area contributed by atoms with E-state index in [0.717, 1.165) is 19.3 Å². The van der Waals surface area contributed by atoms with Crippen molar-refractivity contribution >= 4 is 5.78 Å². The molecule has 1 atom stereocenters. The summed E-state index contributed by atoms with van der Waals surface area (Å²) in [6.45, 7) is 2.53. The van der Waals surface area contributed by atoms with E-state index >= 15 is 0 Å².